The Hall–Kier alpha value is -2.35. The minimum Gasteiger partial charge on any atom is -0.229 e. The Bertz CT molecular complexity index is 1290. The van der Waals surface area contributed by atoms with Gasteiger partial charge in [0.15, 0.2) is 9.84 Å². The number of hydrogen-bond acceptors (Lipinski definition) is 2. The molecule has 2 nitrogen and oxygen atoms in total. The van der Waals surface area contributed by atoms with Crippen LogP contribution in [0.5, 0.6) is 0 Å². The summed E-state index contributed by atoms with van der Waals surface area (Å²) in [7, 11) is -3.35. The fraction of sp³-hybridized carbons (Fsp3) is 0.200. The summed E-state index contributed by atoms with van der Waals surface area (Å²) in [5.74, 6) is -1.07. The van der Waals surface area contributed by atoms with Crippen molar-refractivity contribution < 1.29 is 17.2 Å². The lowest BCUT2D eigenvalue weighted by atomic mass is 9.96. The number of benzene rings is 2. The minimum atomic E-state index is -3.35. The van der Waals surface area contributed by atoms with Crippen LogP contribution in [0.25, 0.3) is 12.2 Å². The minimum absolute atomic E-state index is 0.00489. The van der Waals surface area contributed by atoms with E-state index in [-0.39, 0.29) is 35.0 Å². The van der Waals surface area contributed by atoms with Gasteiger partial charge in [-0.05, 0) is 12.1 Å². The zero-order valence-electron chi connectivity index (χ0n) is 19.9. The predicted molar refractivity (Wildman–Crippen MR) is 156 cm³/mol. The van der Waals surface area contributed by atoms with Crippen molar-refractivity contribution in [2.24, 2.45) is 11.8 Å². The lowest BCUT2D eigenvalue weighted by molar-refractivity contribution is 0.586. The molecule has 0 fully saturated rings. The van der Waals surface area contributed by atoms with Gasteiger partial charge in [0, 0.05) is 23.0 Å². The predicted octanol–water partition coefficient (Wildman–Crippen LogP) is 7.86. The van der Waals surface area contributed by atoms with Crippen molar-refractivity contribution in [1.29, 1.82) is 0 Å². The highest BCUT2D eigenvalue weighted by Crippen LogP contribution is 2.32. The Morgan fingerprint density at radius 2 is 1.03 bits per heavy atom. The largest absolute Gasteiger partial charge is 0.229 e. The molecule has 0 radical (unpaired) electrons. The maximum Gasteiger partial charge on any atom is 0.152 e. The van der Waals surface area contributed by atoms with Gasteiger partial charge < -0.3 is 0 Å². The summed E-state index contributed by atoms with van der Waals surface area (Å²) in [6.07, 6.45) is 22.0. The lowest BCUT2D eigenvalue weighted by Gasteiger charge is -2.24. The van der Waals surface area contributed by atoms with E-state index in [1.165, 1.54) is 12.1 Å². The Kier molecular flexibility index (Phi) is 8.66. The van der Waals surface area contributed by atoms with E-state index in [0.717, 1.165) is 0 Å². The Morgan fingerprint density at radius 1 is 0.676 bits per heavy atom. The number of allylic oxidation sites excluding steroid dienone is 10. The molecule has 2 aromatic carbocycles. The molecule has 0 heterocycles. The molecule has 2 aliphatic rings. The number of alkyl halides is 2. The number of rotatable bonds is 8. The first-order valence-corrected chi connectivity index (χ1v) is 15.2. The molecule has 0 bridgehead atoms. The van der Waals surface area contributed by atoms with Crippen molar-refractivity contribution in [3.63, 3.8) is 0 Å². The van der Waals surface area contributed by atoms with Crippen molar-refractivity contribution in [2.45, 2.75) is 8.65 Å². The molecule has 192 valence electrons. The van der Waals surface area contributed by atoms with Crippen LogP contribution in [0.3, 0.4) is 0 Å². The van der Waals surface area contributed by atoms with E-state index >= 15 is 0 Å². The van der Waals surface area contributed by atoms with Crippen LogP contribution in [0.15, 0.2) is 109 Å². The topological polar surface area (TPSA) is 34.1 Å². The summed E-state index contributed by atoms with van der Waals surface area (Å²) >= 11 is 7.25. The Balaban J connectivity index is 1.33. The molecular formula is C30H26Br2F2O2S. The monoisotopic (exact) mass is 646 g/mol. The van der Waals surface area contributed by atoms with Crippen LogP contribution in [-0.2, 0) is 9.84 Å². The van der Waals surface area contributed by atoms with Crippen LogP contribution >= 0.6 is 31.9 Å². The molecule has 4 rings (SSSR count). The van der Waals surface area contributed by atoms with Gasteiger partial charge in [-0.3, -0.25) is 0 Å². The second-order valence-electron chi connectivity index (χ2n) is 9.21. The molecule has 0 N–H and O–H groups in total. The van der Waals surface area contributed by atoms with E-state index in [4.69, 9.17) is 0 Å². The second kappa shape index (κ2) is 11.6. The molecule has 0 spiro atoms. The molecule has 0 aromatic heterocycles. The quantitative estimate of drug-likeness (QED) is 0.216. The first-order valence-electron chi connectivity index (χ1n) is 11.8. The van der Waals surface area contributed by atoms with Gasteiger partial charge in [0.25, 0.3) is 0 Å². The highest BCUT2D eigenvalue weighted by Gasteiger charge is 2.27. The Labute approximate surface area is 234 Å². The number of halogens is 4. The summed E-state index contributed by atoms with van der Waals surface area (Å²) in [6.45, 7) is 0. The molecule has 0 amide bonds. The van der Waals surface area contributed by atoms with Gasteiger partial charge in [-0.1, -0.05) is 141 Å². The molecule has 37 heavy (non-hydrogen) atoms. The van der Waals surface area contributed by atoms with E-state index in [0.29, 0.717) is 11.1 Å². The summed E-state index contributed by atoms with van der Waals surface area (Å²) in [4.78, 5) is 0. The average Bonchev–Trinajstić information content (AvgIpc) is 2.86. The van der Waals surface area contributed by atoms with Gasteiger partial charge in [-0.2, -0.15) is 0 Å². The summed E-state index contributed by atoms with van der Waals surface area (Å²) < 4.78 is 52.4. The maximum atomic E-state index is 13.9. The summed E-state index contributed by atoms with van der Waals surface area (Å²) in [6, 6.07) is 13.0. The number of sulfone groups is 1. The molecule has 0 aliphatic heterocycles. The lowest BCUT2D eigenvalue weighted by Crippen LogP contribution is -2.25. The second-order valence-corrected chi connectivity index (χ2v) is 14.1. The maximum absolute atomic E-state index is 13.9. The van der Waals surface area contributed by atoms with Crippen LogP contribution in [0.4, 0.5) is 8.78 Å². The zero-order chi connectivity index (χ0) is 26.5. The molecular weight excluding hydrogens is 622 g/mol. The smallest absolute Gasteiger partial charge is 0.152 e. The van der Waals surface area contributed by atoms with Crippen molar-refractivity contribution in [3.8, 4) is 0 Å². The Morgan fingerprint density at radius 3 is 1.38 bits per heavy atom. The molecule has 2 aromatic rings. The molecule has 0 unspecified atom stereocenters. The molecule has 0 saturated heterocycles. The van der Waals surface area contributed by atoms with E-state index in [9.17, 15) is 17.2 Å². The summed E-state index contributed by atoms with van der Waals surface area (Å²) in [5, 5.41) is 0. The van der Waals surface area contributed by atoms with Crippen molar-refractivity contribution in [3.05, 3.63) is 132 Å². The van der Waals surface area contributed by atoms with Gasteiger partial charge in [0.2, 0.25) is 0 Å². The van der Waals surface area contributed by atoms with Crippen molar-refractivity contribution >= 4 is 53.8 Å². The molecule has 0 saturated carbocycles. The standard InChI is InChI=1S/C30H26Br2F2O2S/c31-29(19-13-25-5-1-3-7-27(25)33)15-9-23(10-16-29)21-37(35,36)22-24-11-17-30(32,18-12-24)20-14-26-6-2-4-8-28(26)34/h1-20,23-24H,21-22H2/b19-13+,20-14+. The van der Waals surface area contributed by atoms with Crippen LogP contribution in [0.1, 0.15) is 11.1 Å². The SMILES string of the molecule is O=S(=O)(CC1C=CC(Br)(/C=C/c2ccccc2F)C=C1)CC1C=CC(Br)(/C=C/c2ccccc2F)C=C1. The fourth-order valence-corrected chi connectivity index (χ4v) is 6.71. The molecule has 7 heteroatoms. The first kappa shape index (κ1) is 27.7. The number of hydrogen-bond donors (Lipinski definition) is 0. The zero-order valence-corrected chi connectivity index (χ0v) is 23.8. The third-order valence-corrected chi connectivity index (χ3v) is 9.51. The molecule has 0 atom stereocenters. The van der Waals surface area contributed by atoms with Crippen LogP contribution < -0.4 is 0 Å². The van der Waals surface area contributed by atoms with Crippen LogP contribution in [-0.4, -0.2) is 28.6 Å². The third kappa shape index (κ3) is 7.82. The van der Waals surface area contributed by atoms with E-state index < -0.39 is 18.5 Å². The van der Waals surface area contributed by atoms with E-state index in [2.05, 4.69) is 31.9 Å². The summed E-state index contributed by atoms with van der Waals surface area (Å²) in [5.41, 5.74) is 0.966. The normalized spacial score (nSPS) is 27.5. The first-order chi connectivity index (χ1) is 17.5. The van der Waals surface area contributed by atoms with Crippen LogP contribution in [0.2, 0.25) is 0 Å². The third-order valence-electron chi connectivity index (χ3n) is 6.14. The van der Waals surface area contributed by atoms with Gasteiger partial charge in [-0.25, -0.2) is 17.2 Å². The van der Waals surface area contributed by atoms with Gasteiger partial charge >= 0.3 is 0 Å². The van der Waals surface area contributed by atoms with Crippen molar-refractivity contribution in [2.75, 3.05) is 11.5 Å². The van der Waals surface area contributed by atoms with E-state index in [1.54, 1.807) is 48.6 Å². The van der Waals surface area contributed by atoms with E-state index in [1.807, 2.05) is 60.8 Å². The van der Waals surface area contributed by atoms with Crippen molar-refractivity contribution in [1.82, 2.24) is 0 Å². The van der Waals surface area contributed by atoms with Crippen LogP contribution in [0, 0.1) is 23.5 Å². The molecule has 2 aliphatic carbocycles. The van der Waals surface area contributed by atoms with Gasteiger partial charge in [-0.15, -0.1) is 0 Å². The fourth-order valence-electron chi connectivity index (χ4n) is 4.08. The van der Waals surface area contributed by atoms with Gasteiger partial charge in [0.1, 0.15) is 11.6 Å². The van der Waals surface area contributed by atoms with Gasteiger partial charge in [0.05, 0.1) is 20.2 Å². The average molecular weight is 648 g/mol. The highest BCUT2D eigenvalue weighted by atomic mass is 79.9. The highest BCUT2D eigenvalue weighted by molar-refractivity contribution is 9.10.